The minimum Gasteiger partial charge on any atom is -0.395 e. The summed E-state index contributed by atoms with van der Waals surface area (Å²) in [4.78, 5) is 14.0. The standard InChI is InChI=1S/C17H28N2O2/c1-3-5-11-19(12-13-20)14-17(21)18-16-9-7-15(6-4-2)8-10-16/h7-10,20H,3-6,11-14H2,1-2H3,(H,18,21). The van der Waals surface area contributed by atoms with E-state index in [9.17, 15) is 4.79 Å². The van der Waals surface area contributed by atoms with E-state index in [4.69, 9.17) is 5.11 Å². The van der Waals surface area contributed by atoms with E-state index in [1.807, 2.05) is 17.0 Å². The second kappa shape index (κ2) is 10.4. The first-order chi connectivity index (χ1) is 10.2. The Hall–Kier alpha value is -1.39. The number of aliphatic hydroxyl groups is 1. The number of nitrogens with one attached hydrogen (secondary N) is 1. The molecule has 0 saturated carbocycles. The van der Waals surface area contributed by atoms with Crippen molar-refractivity contribution in [3.8, 4) is 0 Å². The van der Waals surface area contributed by atoms with Crippen LogP contribution in [0.15, 0.2) is 24.3 Å². The smallest absolute Gasteiger partial charge is 0.238 e. The van der Waals surface area contributed by atoms with Gasteiger partial charge in [-0.2, -0.15) is 0 Å². The monoisotopic (exact) mass is 292 g/mol. The Balaban J connectivity index is 2.46. The van der Waals surface area contributed by atoms with Gasteiger partial charge in [-0.15, -0.1) is 0 Å². The van der Waals surface area contributed by atoms with Crippen molar-refractivity contribution in [2.24, 2.45) is 0 Å². The molecule has 0 spiro atoms. The number of hydrogen-bond acceptors (Lipinski definition) is 3. The third-order valence-electron chi connectivity index (χ3n) is 3.39. The average molecular weight is 292 g/mol. The number of rotatable bonds is 10. The number of unbranched alkanes of at least 4 members (excludes halogenated alkanes) is 1. The molecule has 0 heterocycles. The van der Waals surface area contributed by atoms with Gasteiger partial charge in [0.25, 0.3) is 0 Å². The fraction of sp³-hybridized carbons (Fsp3) is 0.588. The number of hydrogen-bond donors (Lipinski definition) is 2. The van der Waals surface area contributed by atoms with Crippen LogP contribution in [0.25, 0.3) is 0 Å². The van der Waals surface area contributed by atoms with Crippen LogP contribution >= 0.6 is 0 Å². The van der Waals surface area contributed by atoms with Gasteiger partial charge in [-0.25, -0.2) is 0 Å². The second-order valence-corrected chi connectivity index (χ2v) is 5.35. The average Bonchev–Trinajstić information content (AvgIpc) is 2.47. The van der Waals surface area contributed by atoms with Crippen molar-refractivity contribution in [3.05, 3.63) is 29.8 Å². The zero-order chi connectivity index (χ0) is 15.5. The normalized spacial score (nSPS) is 10.9. The van der Waals surface area contributed by atoms with Crippen LogP contribution in [0, 0.1) is 0 Å². The molecule has 21 heavy (non-hydrogen) atoms. The Kier molecular flexibility index (Phi) is 8.71. The Labute approximate surface area is 128 Å². The van der Waals surface area contributed by atoms with Gasteiger partial charge in [-0.3, -0.25) is 9.69 Å². The molecule has 4 heteroatoms. The van der Waals surface area contributed by atoms with Crippen molar-refractivity contribution >= 4 is 11.6 Å². The van der Waals surface area contributed by atoms with E-state index in [0.29, 0.717) is 13.1 Å². The number of anilines is 1. The molecule has 4 nitrogen and oxygen atoms in total. The van der Waals surface area contributed by atoms with Crippen molar-refractivity contribution in [2.45, 2.75) is 39.5 Å². The van der Waals surface area contributed by atoms with Crippen molar-refractivity contribution in [1.29, 1.82) is 0 Å². The highest BCUT2D eigenvalue weighted by atomic mass is 16.3. The van der Waals surface area contributed by atoms with E-state index in [0.717, 1.165) is 37.9 Å². The van der Waals surface area contributed by atoms with Crippen LogP contribution in [0.5, 0.6) is 0 Å². The van der Waals surface area contributed by atoms with Gasteiger partial charge in [0.05, 0.1) is 13.2 Å². The van der Waals surface area contributed by atoms with Gasteiger partial charge < -0.3 is 10.4 Å². The number of carbonyl (C=O) groups excluding carboxylic acids is 1. The SMILES string of the molecule is CCCCN(CCO)CC(=O)Nc1ccc(CCC)cc1. The summed E-state index contributed by atoms with van der Waals surface area (Å²) < 4.78 is 0. The summed E-state index contributed by atoms with van der Waals surface area (Å²) in [5.41, 5.74) is 2.12. The second-order valence-electron chi connectivity index (χ2n) is 5.35. The van der Waals surface area contributed by atoms with Crippen molar-refractivity contribution in [2.75, 3.05) is 31.6 Å². The van der Waals surface area contributed by atoms with Crippen LogP contribution in [-0.2, 0) is 11.2 Å². The zero-order valence-electron chi connectivity index (χ0n) is 13.3. The Morgan fingerprint density at radius 1 is 1.14 bits per heavy atom. The summed E-state index contributed by atoms with van der Waals surface area (Å²) >= 11 is 0. The topological polar surface area (TPSA) is 52.6 Å². The Bertz CT molecular complexity index is 404. The number of amides is 1. The molecule has 0 aromatic heterocycles. The molecule has 0 unspecified atom stereocenters. The molecular weight excluding hydrogens is 264 g/mol. The predicted octanol–water partition coefficient (Wildman–Crippen LogP) is 2.67. The van der Waals surface area contributed by atoms with E-state index >= 15 is 0 Å². The summed E-state index contributed by atoms with van der Waals surface area (Å²) in [6.45, 7) is 6.08. The minimum atomic E-state index is -0.0252. The molecule has 0 bridgehead atoms. The lowest BCUT2D eigenvalue weighted by Crippen LogP contribution is -2.35. The third kappa shape index (κ3) is 7.25. The molecule has 1 amide bonds. The lowest BCUT2D eigenvalue weighted by Gasteiger charge is -2.20. The molecule has 118 valence electrons. The molecule has 0 aliphatic rings. The Morgan fingerprint density at radius 2 is 1.86 bits per heavy atom. The summed E-state index contributed by atoms with van der Waals surface area (Å²) in [7, 11) is 0. The highest BCUT2D eigenvalue weighted by molar-refractivity contribution is 5.92. The maximum atomic E-state index is 12.0. The molecule has 2 N–H and O–H groups in total. The third-order valence-corrected chi connectivity index (χ3v) is 3.39. The maximum absolute atomic E-state index is 12.0. The highest BCUT2D eigenvalue weighted by Crippen LogP contribution is 2.11. The van der Waals surface area contributed by atoms with Crippen LogP contribution in [0.4, 0.5) is 5.69 Å². The first kappa shape index (κ1) is 17.7. The summed E-state index contributed by atoms with van der Waals surface area (Å²) in [6.07, 6.45) is 4.32. The molecule has 0 fully saturated rings. The molecule has 1 aromatic rings. The largest absolute Gasteiger partial charge is 0.395 e. The first-order valence-electron chi connectivity index (χ1n) is 7.91. The number of benzene rings is 1. The summed E-state index contributed by atoms with van der Waals surface area (Å²) in [6, 6.07) is 8.01. The van der Waals surface area contributed by atoms with Gasteiger partial charge >= 0.3 is 0 Å². The van der Waals surface area contributed by atoms with Gasteiger partial charge in [0.1, 0.15) is 0 Å². The van der Waals surface area contributed by atoms with Crippen LogP contribution in [0.3, 0.4) is 0 Å². The van der Waals surface area contributed by atoms with Crippen LogP contribution in [-0.4, -0.2) is 42.2 Å². The minimum absolute atomic E-state index is 0.0252. The van der Waals surface area contributed by atoms with Gasteiger partial charge in [0, 0.05) is 12.2 Å². The summed E-state index contributed by atoms with van der Waals surface area (Å²) in [5.74, 6) is -0.0252. The van der Waals surface area contributed by atoms with Gasteiger partial charge in [-0.1, -0.05) is 38.8 Å². The van der Waals surface area contributed by atoms with Gasteiger partial charge in [-0.05, 0) is 37.1 Å². The van der Waals surface area contributed by atoms with Crippen LogP contribution in [0.1, 0.15) is 38.7 Å². The molecule has 0 aliphatic carbocycles. The van der Waals surface area contributed by atoms with Crippen LogP contribution in [0.2, 0.25) is 0 Å². The van der Waals surface area contributed by atoms with E-state index in [1.165, 1.54) is 5.56 Å². The molecule has 0 aliphatic heterocycles. The van der Waals surface area contributed by atoms with Crippen LogP contribution < -0.4 is 5.32 Å². The van der Waals surface area contributed by atoms with Gasteiger partial charge in [0.15, 0.2) is 0 Å². The first-order valence-corrected chi connectivity index (χ1v) is 7.91. The van der Waals surface area contributed by atoms with Gasteiger partial charge in [0.2, 0.25) is 5.91 Å². The van der Waals surface area contributed by atoms with Crippen molar-refractivity contribution in [3.63, 3.8) is 0 Å². The number of nitrogens with zero attached hydrogens (tertiary/aromatic N) is 1. The molecular formula is C17H28N2O2. The fourth-order valence-corrected chi connectivity index (χ4v) is 2.24. The lowest BCUT2D eigenvalue weighted by atomic mass is 10.1. The molecule has 0 saturated heterocycles. The van der Waals surface area contributed by atoms with E-state index in [2.05, 4.69) is 31.3 Å². The summed E-state index contributed by atoms with van der Waals surface area (Å²) in [5, 5.41) is 12.0. The quantitative estimate of drug-likeness (QED) is 0.697. The van der Waals surface area contributed by atoms with Crippen molar-refractivity contribution in [1.82, 2.24) is 4.90 Å². The fourth-order valence-electron chi connectivity index (χ4n) is 2.24. The molecule has 0 radical (unpaired) electrons. The van der Waals surface area contributed by atoms with Crippen molar-refractivity contribution < 1.29 is 9.90 Å². The molecule has 1 aromatic carbocycles. The maximum Gasteiger partial charge on any atom is 0.238 e. The lowest BCUT2D eigenvalue weighted by molar-refractivity contribution is -0.117. The number of aliphatic hydroxyl groups excluding tert-OH is 1. The highest BCUT2D eigenvalue weighted by Gasteiger charge is 2.10. The zero-order valence-corrected chi connectivity index (χ0v) is 13.3. The molecule has 0 atom stereocenters. The van der Waals surface area contributed by atoms with E-state index in [-0.39, 0.29) is 12.5 Å². The number of aryl methyl sites for hydroxylation is 1. The number of carbonyl (C=O) groups is 1. The predicted molar refractivity (Wildman–Crippen MR) is 87.5 cm³/mol. The van der Waals surface area contributed by atoms with E-state index in [1.54, 1.807) is 0 Å². The van der Waals surface area contributed by atoms with E-state index < -0.39 is 0 Å². The Morgan fingerprint density at radius 3 is 2.43 bits per heavy atom. The molecule has 1 rings (SSSR count).